The van der Waals surface area contributed by atoms with E-state index in [1.54, 1.807) is 0 Å². The van der Waals surface area contributed by atoms with E-state index in [0.29, 0.717) is 15.9 Å². The number of halogens is 2. The van der Waals surface area contributed by atoms with Crippen molar-refractivity contribution in [3.05, 3.63) is 34.2 Å². The van der Waals surface area contributed by atoms with Crippen molar-refractivity contribution >= 4 is 22.6 Å². The van der Waals surface area contributed by atoms with E-state index in [2.05, 4.69) is 20.1 Å². The largest absolute Gasteiger partial charge is 0.245 e. The molecule has 2 aromatic rings. The SMILES string of the molecule is Fc1nc(Cn2cncn2)ncc1I. The predicted octanol–water partition coefficient (Wildman–Crippen LogP) is 0.860. The first-order valence-electron chi connectivity index (χ1n) is 3.75. The maximum Gasteiger partial charge on any atom is 0.229 e. The van der Waals surface area contributed by atoms with Gasteiger partial charge in [0, 0.05) is 6.20 Å². The van der Waals surface area contributed by atoms with Crippen LogP contribution >= 0.6 is 22.6 Å². The van der Waals surface area contributed by atoms with Gasteiger partial charge < -0.3 is 0 Å². The highest BCUT2D eigenvalue weighted by molar-refractivity contribution is 14.1. The van der Waals surface area contributed by atoms with Crippen molar-refractivity contribution in [2.45, 2.75) is 6.54 Å². The summed E-state index contributed by atoms with van der Waals surface area (Å²) in [6.07, 6.45) is 4.37. The molecule has 0 amide bonds. The van der Waals surface area contributed by atoms with Crippen LogP contribution in [0.1, 0.15) is 5.82 Å². The molecule has 2 rings (SSSR count). The summed E-state index contributed by atoms with van der Waals surface area (Å²) in [5.41, 5.74) is 0. The van der Waals surface area contributed by atoms with Crippen molar-refractivity contribution in [2.75, 3.05) is 0 Å². The Morgan fingerprint density at radius 2 is 2.36 bits per heavy atom. The fraction of sp³-hybridized carbons (Fsp3) is 0.143. The van der Waals surface area contributed by atoms with Gasteiger partial charge in [0.05, 0.1) is 3.57 Å². The van der Waals surface area contributed by atoms with Crippen molar-refractivity contribution < 1.29 is 4.39 Å². The maximum atomic E-state index is 13.0. The predicted molar refractivity (Wildman–Crippen MR) is 53.8 cm³/mol. The van der Waals surface area contributed by atoms with Crippen molar-refractivity contribution in [3.8, 4) is 0 Å². The lowest BCUT2D eigenvalue weighted by atomic mass is 10.5. The van der Waals surface area contributed by atoms with Crippen LogP contribution < -0.4 is 0 Å². The Bertz CT molecular complexity index is 430. The minimum absolute atomic E-state index is 0.327. The molecule has 14 heavy (non-hydrogen) atoms. The zero-order valence-electron chi connectivity index (χ0n) is 6.93. The lowest BCUT2D eigenvalue weighted by molar-refractivity contribution is 0.549. The van der Waals surface area contributed by atoms with Crippen molar-refractivity contribution in [3.63, 3.8) is 0 Å². The average molecular weight is 305 g/mol. The Hall–Kier alpha value is -1.12. The molecule has 0 N–H and O–H groups in total. The fourth-order valence-corrected chi connectivity index (χ4v) is 1.18. The van der Waals surface area contributed by atoms with Gasteiger partial charge in [-0.3, -0.25) is 0 Å². The summed E-state index contributed by atoms with van der Waals surface area (Å²) in [5.74, 6) is -0.121. The van der Waals surface area contributed by atoms with E-state index >= 15 is 0 Å². The molecule has 0 saturated carbocycles. The molecule has 0 saturated heterocycles. The highest BCUT2D eigenvalue weighted by Crippen LogP contribution is 2.06. The Kier molecular flexibility index (Phi) is 2.66. The van der Waals surface area contributed by atoms with Crippen LogP contribution in [0.4, 0.5) is 4.39 Å². The second-order valence-corrected chi connectivity index (χ2v) is 3.68. The van der Waals surface area contributed by atoms with E-state index in [9.17, 15) is 4.39 Å². The number of hydrogen-bond acceptors (Lipinski definition) is 4. The Morgan fingerprint density at radius 3 is 3.00 bits per heavy atom. The molecule has 2 aromatic heterocycles. The van der Waals surface area contributed by atoms with E-state index in [1.165, 1.54) is 23.5 Å². The van der Waals surface area contributed by atoms with Gasteiger partial charge in [-0.2, -0.15) is 9.49 Å². The van der Waals surface area contributed by atoms with Gasteiger partial charge in [0.15, 0.2) is 5.82 Å². The second-order valence-electron chi connectivity index (χ2n) is 2.52. The van der Waals surface area contributed by atoms with Gasteiger partial charge in [0.25, 0.3) is 0 Å². The van der Waals surface area contributed by atoms with Crippen molar-refractivity contribution in [1.29, 1.82) is 0 Å². The Labute approximate surface area is 92.5 Å². The quantitative estimate of drug-likeness (QED) is 0.610. The van der Waals surface area contributed by atoms with Crippen molar-refractivity contribution in [1.82, 2.24) is 24.7 Å². The van der Waals surface area contributed by atoms with Gasteiger partial charge in [0.1, 0.15) is 19.2 Å². The van der Waals surface area contributed by atoms with Crippen LogP contribution in [0.25, 0.3) is 0 Å². The molecule has 0 bridgehead atoms. The number of nitrogens with zero attached hydrogens (tertiary/aromatic N) is 5. The van der Waals surface area contributed by atoms with E-state index < -0.39 is 5.95 Å². The first-order chi connectivity index (χ1) is 6.75. The van der Waals surface area contributed by atoms with E-state index in [-0.39, 0.29) is 0 Å². The van der Waals surface area contributed by atoms with E-state index in [4.69, 9.17) is 0 Å². The molecule has 0 atom stereocenters. The highest BCUT2D eigenvalue weighted by atomic mass is 127. The zero-order valence-corrected chi connectivity index (χ0v) is 9.09. The molecule has 0 aromatic carbocycles. The van der Waals surface area contributed by atoms with E-state index in [1.807, 2.05) is 22.6 Å². The minimum atomic E-state index is -0.504. The molecule has 7 heteroatoms. The summed E-state index contributed by atoms with van der Waals surface area (Å²) >= 11 is 1.84. The van der Waals surface area contributed by atoms with Crippen LogP contribution in [0.15, 0.2) is 18.9 Å². The molecule has 0 aliphatic carbocycles. The zero-order chi connectivity index (χ0) is 9.97. The first-order valence-corrected chi connectivity index (χ1v) is 4.83. The third kappa shape index (κ3) is 2.03. The topological polar surface area (TPSA) is 56.5 Å². The van der Waals surface area contributed by atoms with E-state index in [0.717, 1.165) is 0 Å². The lowest BCUT2D eigenvalue weighted by Gasteiger charge is -1.99. The summed E-state index contributed by atoms with van der Waals surface area (Å²) in [6.45, 7) is 0.327. The summed E-state index contributed by atoms with van der Waals surface area (Å²) in [4.78, 5) is 11.4. The molecule has 2 heterocycles. The Balaban J connectivity index is 2.22. The third-order valence-electron chi connectivity index (χ3n) is 1.52. The molecule has 0 radical (unpaired) electrons. The molecule has 0 aliphatic heterocycles. The number of aromatic nitrogens is 5. The maximum absolute atomic E-state index is 13.0. The number of hydrogen-bond donors (Lipinski definition) is 0. The van der Waals surface area contributed by atoms with Crippen LogP contribution in [0.5, 0.6) is 0 Å². The van der Waals surface area contributed by atoms with Crippen LogP contribution in [0.3, 0.4) is 0 Å². The smallest absolute Gasteiger partial charge is 0.229 e. The van der Waals surface area contributed by atoms with Crippen LogP contribution in [-0.4, -0.2) is 24.7 Å². The van der Waals surface area contributed by atoms with Crippen LogP contribution in [-0.2, 0) is 6.54 Å². The molecule has 0 spiro atoms. The molecule has 0 aliphatic rings. The van der Waals surface area contributed by atoms with Gasteiger partial charge in [-0.05, 0) is 22.6 Å². The second kappa shape index (κ2) is 3.95. The molecule has 5 nitrogen and oxygen atoms in total. The van der Waals surface area contributed by atoms with Gasteiger partial charge >= 0.3 is 0 Å². The first kappa shape index (κ1) is 9.44. The van der Waals surface area contributed by atoms with Gasteiger partial charge in [-0.1, -0.05) is 0 Å². The molecule has 72 valence electrons. The highest BCUT2D eigenvalue weighted by Gasteiger charge is 2.04. The minimum Gasteiger partial charge on any atom is -0.245 e. The summed E-state index contributed by atoms with van der Waals surface area (Å²) in [7, 11) is 0. The summed E-state index contributed by atoms with van der Waals surface area (Å²) < 4.78 is 14.9. The van der Waals surface area contributed by atoms with Gasteiger partial charge in [-0.25, -0.2) is 19.6 Å². The van der Waals surface area contributed by atoms with Gasteiger partial charge in [-0.15, -0.1) is 0 Å². The third-order valence-corrected chi connectivity index (χ3v) is 2.24. The van der Waals surface area contributed by atoms with Crippen molar-refractivity contribution in [2.24, 2.45) is 0 Å². The molecular formula is C7H5FIN5. The summed E-state index contributed by atoms with van der Waals surface area (Å²) in [6, 6.07) is 0. The molecule has 0 unspecified atom stereocenters. The van der Waals surface area contributed by atoms with Gasteiger partial charge in [0.2, 0.25) is 5.95 Å². The summed E-state index contributed by atoms with van der Waals surface area (Å²) in [5, 5.41) is 3.86. The monoisotopic (exact) mass is 305 g/mol. The van der Waals surface area contributed by atoms with Crippen LogP contribution in [0.2, 0.25) is 0 Å². The normalized spacial score (nSPS) is 10.4. The number of rotatable bonds is 2. The lowest BCUT2D eigenvalue weighted by Crippen LogP contribution is -2.06. The van der Waals surface area contributed by atoms with Crippen LogP contribution in [0, 0.1) is 9.52 Å². The standard InChI is InChI=1S/C7H5FIN5/c8-7-5(9)1-11-6(13-7)2-14-4-10-3-12-14/h1,3-4H,2H2. The fourth-order valence-electron chi connectivity index (χ4n) is 0.915. The molecule has 0 fully saturated rings. The Morgan fingerprint density at radius 1 is 1.50 bits per heavy atom. The average Bonchev–Trinajstić information content (AvgIpc) is 2.64. The molecular weight excluding hydrogens is 300 g/mol.